The van der Waals surface area contributed by atoms with Crippen LogP contribution < -0.4 is 16.4 Å². The highest BCUT2D eigenvalue weighted by molar-refractivity contribution is 5.74. The van der Waals surface area contributed by atoms with Crippen molar-refractivity contribution in [3.63, 3.8) is 0 Å². The van der Waals surface area contributed by atoms with Crippen LogP contribution in [0.1, 0.15) is 31.2 Å². The van der Waals surface area contributed by atoms with E-state index in [1.54, 1.807) is 0 Å². The first kappa shape index (κ1) is 12.9. The largest absolute Gasteiger partial charge is 0.334 e. The first-order valence-electron chi connectivity index (χ1n) is 6.59. The van der Waals surface area contributed by atoms with Crippen LogP contribution in [-0.4, -0.2) is 18.1 Å². The second kappa shape index (κ2) is 6.40. The number of carbonyl (C=O) groups excluding carboxylic acids is 1. The lowest BCUT2D eigenvalue weighted by atomic mass is 9.91. The van der Waals surface area contributed by atoms with Crippen LogP contribution in [0, 0.1) is 0 Å². The number of carbonyl (C=O) groups is 1. The zero-order chi connectivity index (χ0) is 12.8. The standard InChI is InChI=1S/C14H21N3O/c15-12-8-4-5-9-13(12)17-14(18)16-10-11-6-2-1-3-7-11/h1-3,6-7,12-13H,4-5,8-10,15H2,(H2,16,17,18)/t12-,13-/m1/s1. The minimum absolute atomic E-state index is 0.0984. The summed E-state index contributed by atoms with van der Waals surface area (Å²) in [5.74, 6) is 0. The van der Waals surface area contributed by atoms with Gasteiger partial charge < -0.3 is 16.4 Å². The Morgan fingerprint density at radius 1 is 1.22 bits per heavy atom. The maximum atomic E-state index is 11.8. The van der Waals surface area contributed by atoms with Crippen molar-refractivity contribution < 1.29 is 4.79 Å². The molecule has 2 rings (SSSR count). The first-order chi connectivity index (χ1) is 8.75. The van der Waals surface area contributed by atoms with E-state index in [2.05, 4.69) is 10.6 Å². The Labute approximate surface area is 108 Å². The van der Waals surface area contributed by atoms with E-state index in [0.29, 0.717) is 6.54 Å². The molecule has 0 heterocycles. The highest BCUT2D eigenvalue weighted by Crippen LogP contribution is 2.16. The van der Waals surface area contributed by atoms with Gasteiger partial charge in [0.25, 0.3) is 0 Å². The highest BCUT2D eigenvalue weighted by atomic mass is 16.2. The summed E-state index contributed by atoms with van der Waals surface area (Å²) in [6.45, 7) is 0.550. The zero-order valence-corrected chi connectivity index (χ0v) is 10.6. The van der Waals surface area contributed by atoms with Crippen LogP contribution in [0.15, 0.2) is 30.3 Å². The minimum atomic E-state index is -0.124. The highest BCUT2D eigenvalue weighted by Gasteiger charge is 2.22. The number of urea groups is 1. The predicted octanol–water partition coefficient (Wildman–Crippen LogP) is 1.76. The summed E-state index contributed by atoms with van der Waals surface area (Å²) in [5.41, 5.74) is 7.09. The Hall–Kier alpha value is -1.55. The van der Waals surface area contributed by atoms with E-state index in [0.717, 1.165) is 24.8 Å². The van der Waals surface area contributed by atoms with Crippen LogP contribution in [0.2, 0.25) is 0 Å². The molecule has 1 saturated carbocycles. The summed E-state index contributed by atoms with van der Waals surface area (Å²) in [5, 5.41) is 5.83. The van der Waals surface area contributed by atoms with Crippen LogP contribution in [0.4, 0.5) is 4.79 Å². The van der Waals surface area contributed by atoms with Crippen molar-refractivity contribution in [3.05, 3.63) is 35.9 Å². The molecule has 0 unspecified atom stereocenters. The summed E-state index contributed by atoms with van der Waals surface area (Å²) >= 11 is 0. The van der Waals surface area contributed by atoms with Gasteiger partial charge in [-0.2, -0.15) is 0 Å². The van der Waals surface area contributed by atoms with E-state index < -0.39 is 0 Å². The van der Waals surface area contributed by atoms with Crippen LogP contribution in [0.5, 0.6) is 0 Å². The number of benzene rings is 1. The minimum Gasteiger partial charge on any atom is -0.334 e. The summed E-state index contributed by atoms with van der Waals surface area (Å²) in [4.78, 5) is 11.8. The maximum absolute atomic E-state index is 11.8. The van der Waals surface area contributed by atoms with Crippen LogP contribution in [-0.2, 0) is 6.54 Å². The summed E-state index contributed by atoms with van der Waals surface area (Å²) in [6.07, 6.45) is 4.31. The van der Waals surface area contributed by atoms with Gasteiger partial charge in [-0.25, -0.2) is 4.79 Å². The third-order valence-corrected chi connectivity index (χ3v) is 3.43. The third kappa shape index (κ3) is 3.74. The Morgan fingerprint density at radius 3 is 2.67 bits per heavy atom. The van der Waals surface area contributed by atoms with Crippen LogP contribution in [0.3, 0.4) is 0 Å². The van der Waals surface area contributed by atoms with Gasteiger partial charge in [-0.3, -0.25) is 0 Å². The molecule has 0 saturated heterocycles. The van der Waals surface area contributed by atoms with Gasteiger partial charge in [0, 0.05) is 18.6 Å². The Bertz CT molecular complexity index is 380. The molecular weight excluding hydrogens is 226 g/mol. The topological polar surface area (TPSA) is 67.1 Å². The molecule has 4 nitrogen and oxygen atoms in total. The molecule has 4 heteroatoms. The fourth-order valence-electron chi connectivity index (χ4n) is 2.34. The van der Waals surface area contributed by atoms with Gasteiger partial charge in [0.05, 0.1) is 0 Å². The zero-order valence-electron chi connectivity index (χ0n) is 10.6. The number of rotatable bonds is 3. The predicted molar refractivity (Wildman–Crippen MR) is 72.0 cm³/mol. The lowest BCUT2D eigenvalue weighted by Gasteiger charge is -2.29. The van der Waals surface area contributed by atoms with Crippen molar-refractivity contribution in [1.82, 2.24) is 10.6 Å². The summed E-state index contributed by atoms with van der Waals surface area (Å²) < 4.78 is 0. The molecule has 0 bridgehead atoms. The SMILES string of the molecule is N[C@@H]1CCCC[C@H]1NC(=O)NCc1ccccc1. The first-order valence-corrected chi connectivity index (χ1v) is 6.59. The van der Waals surface area contributed by atoms with E-state index in [1.165, 1.54) is 6.42 Å². The Kier molecular flexibility index (Phi) is 4.59. The third-order valence-electron chi connectivity index (χ3n) is 3.43. The molecule has 1 aromatic rings. The van der Waals surface area contributed by atoms with Gasteiger partial charge in [0.15, 0.2) is 0 Å². The number of nitrogens with two attached hydrogens (primary N) is 1. The van der Waals surface area contributed by atoms with Crippen LogP contribution in [0.25, 0.3) is 0 Å². The van der Waals surface area contributed by atoms with Gasteiger partial charge in [0.2, 0.25) is 0 Å². The van der Waals surface area contributed by atoms with Gasteiger partial charge in [0.1, 0.15) is 0 Å². The van der Waals surface area contributed by atoms with Crippen molar-refractivity contribution in [2.75, 3.05) is 0 Å². The monoisotopic (exact) mass is 247 g/mol. The summed E-state index contributed by atoms with van der Waals surface area (Å²) in [7, 11) is 0. The molecule has 1 aromatic carbocycles. The van der Waals surface area contributed by atoms with Gasteiger partial charge in [-0.05, 0) is 18.4 Å². The van der Waals surface area contributed by atoms with E-state index in [1.807, 2.05) is 30.3 Å². The molecular formula is C14H21N3O. The average Bonchev–Trinajstić information content (AvgIpc) is 2.40. The lowest BCUT2D eigenvalue weighted by Crippen LogP contribution is -2.52. The van der Waals surface area contributed by atoms with Gasteiger partial charge >= 0.3 is 6.03 Å². The van der Waals surface area contributed by atoms with E-state index in [4.69, 9.17) is 5.73 Å². The number of hydrogen-bond donors (Lipinski definition) is 3. The van der Waals surface area contributed by atoms with E-state index >= 15 is 0 Å². The second-order valence-corrected chi connectivity index (χ2v) is 4.87. The van der Waals surface area contributed by atoms with Gasteiger partial charge in [-0.1, -0.05) is 43.2 Å². The van der Waals surface area contributed by atoms with Crippen LogP contribution >= 0.6 is 0 Å². The molecule has 0 aliphatic heterocycles. The van der Waals surface area contributed by atoms with Crippen molar-refractivity contribution in [1.29, 1.82) is 0 Å². The average molecular weight is 247 g/mol. The maximum Gasteiger partial charge on any atom is 0.315 e. The molecule has 0 spiro atoms. The molecule has 1 aliphatic carbocycles. The second-order valence-electron chi connectivity index (χ2n) is 4.87. The summed E-state index contributed by atoms with van der Waals surface area (Å²) in [6, 6.07) is 9.97. The molecule has 1 aliphatic rings. The van der Waals surface area contributed by atoms with Crippen molar-refractivity contribution >= 4 is 6.03 Å². The molecule has 0 radical (unpaired) electrons. The Morgan fingerprint density at radius 2 is 1.94 bits per heavy atom. The molecule has 2 atom stereocenters. The van der Waals surface area contributed by atoms with Gasteiger partial charge in [-0.15, -0.1) is 0 Å². The molecule has 98 valence electrons. The lowest BCUT2D eigenvalue weighted by molar-refractivity contribution is 0.228. The van der Waals surface area contributed by atoms with Crippen molar-refractivity contribution in [2.24, 2.45) is 5.73 Å². The van der Waals surface area contributed by atoms with E-state index in [-0.39, 0.29) is 18.1 Å². The van der Waals surface area contributed by atoms with E-state index in [9.17, 15) is 4.79 Å². The fraction of sp³-hybridized carbons (Fsp3) is 0.500. The fourth-order valence-corrected chi connectivity index (χ4v) is 2.34. The molecule has 1 fully saturated rings. The van der Waals surface area contributed by atoms with Crippen molar-refractivity contribution in [3.8, 4) is 0 Å². The Balaban J connectivity index is 1.75. The number of amides is 2. The number of hydrogen-bond acceptors (Lipinski definition) is 2. The molecule has 2 amide bonds. The normalized spacial score (nSPS) is 23.4. The smallest absolute Gasteiger partial charge is 0.315 e. The molecule has 0 aromatic heterocycles. The molecule has 4 N–H and O–H groups in total. The van der Waals surface area contributed by atoms with Crippen molar-refractivity contribution in [2.45, 2.75) is 44.3 Å². The number of nitrogens with one attached hydrogen (secondary N) is 2. The quantitative estimate of drug-likeness (QED) is 0.762. The molecule has 18 heavy (non-hydrogen) atoms.